The van der Waals surface area contributed by atoms with E-state index in [-0.39, 0.29) is 0 Å². The minimum Gasteiger partial charge on any atom is -0.103 e. The topological polar surface area (TPSA) is 0 Å². The summed E-state index contributed by atoms with van der Waals surface area (Å²) < 4.78 is 0. The zero-order valence-corrected chi connectivity index (χ0v) is 9.85. The third kappa shape index (κ3) is 3.80. The van der Waals surface area contributed by atoms with Crippen LogP contribution in [0.25, 0.3) is 0 Å². The Bertz CT molecular complexity index is 182. The van der Waals surface area contributed by atoms with E-state index in [1.54, 1.807) is 5.57 Å². The van der Waals surface area contributed by atoms with Gasteiger partial charge in [0, 0.05) is 0 Å². The van der Waals surface area contributed by atoms with Crippen LogP contribution in [-0.2, 0) is 0 Å². The van der Waals surface area contributed by atoms with Crippen molar-refractivity contribution in [1.82, 2.24) is 0 Å². The first kappa shape index (κ1) is 12.5. The molecule has 0 heterocycles. The van der Waals surface area contributed by atoms with Crippen molar-refractivity contribution in [1.29, 1.82) is 0 Å². The smallest absolute Gasteiger partial charge is 0.0139 e. The quantitative estimate of drug-likeness (QED) is 0.543. The first-order chi connectivity index (χ1) is 5.95. The molecule has 0 aliphatic rings. The highest BCUT2D eigenvalue weighted by Gasteiger charge is 2.23. The molecule has 13 heavy (non-hydrogen) atoms. The maximum atomic E-state index is 3.77. The van der Waals surface area contributed by atoms with Crippen molar-refractivity contribution in [2.75, 3.05) is 0 Å². The van der Waals surface area contributed by atoms with E-state index in [2.05, 4.69) is 47.3 Å². The molecule has 0 spiro atoms. The van der Waals surface area contributed by atoms with Gasteiger partial charge in [-0.15, -0.1) is 6.58 Å². The maximum absolute atomic E-state index is 3.77. The van der Waals surface area contributed by atoms with E-state index in [1.165, 1.54) is 6.42 Å². The Kier molecular flexibility index (Phi) is 5.05. The average Bonchev–Trinajstić information content (AvgIpc) is 2.01. The number of allylic oxidation sites excluding steroid dienone is 3. The molecule has 0 aliphatic carbocycles. The first-order valence-corrected chi connectivity index (χ1v) is 5.23. The Morgan fingerprint density at radius 3 is 2.23 bits per heavy atom. The van der Waals surface area contributed by atoms with Crippen LogP contribution in [0.5, 0.6) is 0 Å². The molecule has 76 valence electrons. The number of hydrogen-bond donors (Lipinski definition) is 0. The molecule has 0 rings (SSSR count). The standard InChI is InChI=1S/C13H24/c1-7-9-10-13(5,6)12(8-2)11(3)4/h7-8,11H,1,9-10H2,2-6H3/b12-8+. The molecule has 0 aromatic heterocycles. The van der Waals surface area contributed by atoms with Gasteiger partial charge in [-0.25, -0.2) is 0 Å². The normalized spacial score (nSPS) is 13.5. The molecule has 0 atom stereocenters. The molecule has 0 aromatic rings. The van der Waals surface area contributed by atoms with Gasteiger partial charge in [0.2, 0.25) is 0 Å². The highest BCUT2D eigenvalue weighted by Crippen LogP contribution is 2.36. The summed E-state index contributed by atoms with van der Waals surface area (Å²) in [6.45, 7) is 15.1. The third-order valence-electron chi connectivity index (χ3n) is 2.69. The molecule has 0 aromatic carbocycles. The fraction of sp³-hybridized carbons (Fsp3) is 0.692. The molecular weight excluding hydrogens is 156 g/mol. The van der Waals surface area contributed by atoms with Crippen molar-refractivity contribution in [2.24, 2.45) is 11.3 Å². The zero-order chi connectivity index (χ0) is 10.5. The van der Waals surface area contributed by atoms with E-state index in [1.807, 2.05) is 6.08 Å². The van der Waals surface area contributed by atoms with Gasteiger partial charge in [-0.2, -0.15) is 0 Å². The van der Waals surface area contributed by atoms with Crippen molar-refractivity contribution in [3.05, 3.63) is 24.3 Å². The molecule has 0 amide bonds. The van der Waals surface area contributed by atoms with Crippen molar-refractivity contribution in [2.45, 2.75) is 47.5 Å². The fourth-order valence-corrected chi connectivity index (χ4v) is 2.11. The van der Waals surface area contributed by atoms with Crippen LogP contribution in [0.2, 0.25) is 0 Å². The average molecular weight is 180 g/mol. The van der Waals surface area contributed by atoms with Gasteiger partial charge in [0.05, 0.1) is 0 Å². The summed E-state index contributed by atoms with van der Waals surface area (Å²) in [6.07, 6.45) is 6.59. The maximum Gasteiger partial charge on any atom is -0.0139 e. The van der Waals surface area contributed by atoms with Crippen LogP contribution >= 0.6 is 0 Å². The van der Waals surface area contributed by atoms with Gasteiger partial charge >= 0.3 is 0 Å². The van der Waals surface area contributed by atoms with Crippen LogP contribution in [0.4, 0.5) is 0 Å². The van der Waals surface area contributed by atoms with Gasteiger partial charge in [-0.1, -0.05) is 45.4 Å². The summed E-state index contributed by atoms with van der Waals surface area (Å²) in [4.78, 5) is 0. The van der Waals surface area contributed by atoms with Crippen molar-refractivity contribution < 1.29 is 0 Å². The summed E-state index contributed by atoms with van der Waals surface area (Å²) in [5.41, 5.74) is 1.89. The predicted octanol–water partition coefficient (Wildman–Crippen LogP) is 4.58. The zero-order valence-electron chi connectivity index (χ0n) is 9.85. The molecule has 0 saturated heterocycles. The Labute approximate surface area is 83.7 Å². The largest absolute Gasteiger partial charge is 0.103 e. The molecule has 0 radical (unpaired) electrons. The van der Waals surface area contributed by atoms with Crippen LogP contribution < -0.4 is 0 Å². The third-order valence-corrected chi connectivity index (χ3v) is 2.69. The molecule has 0 N–H and O–H groups in total. The van der Waals surface area contributed by atoms with Gasteiger partial charge in [0.1, 0.15) is 0 Å². The van der Waals surface area contributed by atoms with Crippen molar-refractivity contribution >= 4 is 0 Å². The van der Waals surface area contributed by atoms with Crippen molar-refractivity contribution in [3.63, 3.8) is 0 Å². The lowest BCUT2D eigenvalue weighted by Gasteiger charge is -2.30. The highest BCUT2D eigenvalue weighted by molar-refractivity contribution is 5.13. The predicted molar refractivity (Wildman–Crippen MR) is 61.8 cm³/mol. The lowest BCUT2D eigenvalue weighted by molar-refractivity contribution is 0.374. The first-order valence-electron chi connectivity index (χ1n) is 5.23. The summed E-state index contributed by atoms with van der Waals surface area (Å²) in [6, 6.07) is 0. The second-order valence-corrected chi connectivity index (χ2v) is 4.61. The van der Waals surface area contributed by atoms with Gasteiger partial charge in [-0.05, 0) is 31.1 Å². The van der Waals surface area contributed by atoms with E-state index >= 15 is 0 Å². The van der Waals surface area contributed by atoms with E-state index < -0.39 is 0 Å². The Morgan fingerprint density at radius 2 is 1.92 bits per heavy atom. The summed E-state index contributed by atoms with van der Waals surface area (Å²) in [5, 5.41) is 0. The highest BCUT2D eigenvalue weighted by atomic mass is 14.3. The van der Waals surface area contributed by atoms with Gasteiger partial charge < -0.3 is 0 Å². The molecule has 0 fully saturated rings. The van der Waals surface area contributed by atoms with Crippen LogP contribution in [0.1, 0.15) is 47.5 Å². The lowest BCUT2D eigenvalue weighted by Crippen LogP contribution is -2.18. The van der Waals surface area contributed by atoms with E-state index in [0.717, 1.165) is 6.42 Å². The summed E-state index contributed by atoms with van der Waals surface area (Å²) in [5.74, 6) is 0.657. The van der Waals surface area contributed by atoms with Crippen LogP contribution in [-0.4, -0.2) is 0 Å². The Morgan fingerprint density at radius 1 is 1.38 bits per heavy atom. The lowest BCUT2D eigenvalue weighted by atomic mass is 9.75. The number of hydrogen-bond acceptors (Lipinski definition) is 0. The van der Waals surface area contributed by atoms with Crippen molar-refractivity contribution in [3.8, 4) is 0 Å². The van der Waals surface area contributed by atoms with Crippen LogP contribution in [0.3, 0.4) is 0 Å². The molecule has 0 aliphatic heterocycles. The van der Waals surface area contributed by atoms with Gasteiger partial charge in [0.15, 0.2) is 0 Å². The minimum atomic E-state index is 0.330. The SMILES string of the molecule is C=CCCC(C)(C)/C(=C/C)C(C)C. The molecular formula is C13H24. The van der Waals surface area contributed by atoms with Gasteiger partial charge in [-0.3, -0.25) is 0 Å². The summed E-state index contributed by atoms with van der Waals surface area (Å²) in [7, 11) is 0. The fourth-order valence-electron chi connectivity index (χ4n) is 2.11. The minimum absolute atomic E-state index is 0.330. The second-order valence-electron chi connectivity index (χ2n) is 4.61. The molecule has 0 nitrogen and oxygen atoms in total. The van der Waals surface area contributed by atoms with Crippen LogP contribution in [0, 0.1) is 11.3 Å². The molecule has 0 saturated carbocycles. The Hall–Kier alpha value is -0.520. The summed E-state index contributed by atoms with van der Waals surface area (Å²) >= 11 is 0. The van der Waals surface area contributed by atoms with Gasteiger partial charge in [0.25, 0.3) is 0 Å². The Balaban J connectivity index is 4.48. The monoisotopic (exact) mass is 180 g/mol. The molecule has 0 unspecified atom stereocenters. The van der Waals surface area contributed by atoms with Crippen LogP contribution in [0.15, 0.2) is 24.3 Å². The van der Waals surface area contributed by atoms with E-state index in [4.69, 9.17) is 0 Å². The number of rotatable bonds is 5. The second kappa shape index (κ2) is 5.26. The van der Waals surface area contributed by atoms with E-state index in [0.29, 0.717) is 11.3 Å². The van der Waals surface area contributed by atoms with E-state index in [9.17, 15) is 0 Å². The molecule has 0 heteroatoms. The molecule has 0 bridgehead atoms.